The third-order valence-electron chi connectivity index (χ3n) is 15.7. The van der Waals surface area contributed by atoms with Crippen LogP contribution in [-0.4, -0.2) is 174 Å². The van der Waals surface area contributed by atoms with Crippen molar-refractivity contribution in [3.05, 3.63) is 60.0 Å². The number of hydrogen-bond acceptors (Lipinski definition) is 21. The summed E-state index contributed by atoms with van der Waals surface area (Å²) >= 11 is 0. The van der Waals surface area contributed by atoms with Crippen LogP contribution in [0.4, 0.5) is 0 Å². The van der Waals surface area contributed by atoms with E-state index in [0.717, 1.165) is 92.8 Å². The molecule has 5 aromatic rings. The molecule has 0 radical (unpaired) electrons. The second-order valence-electron chi connectivity index (χ2n) is 24.7. The number of imidazole rings is 3. The summed E-state index contributed by atoms with van der Waals surface area (Å²) in [5, 5.41) is 39.7. The Hall–Kier alpha value is -1.14. The van der Waals surface area contributed by atoms with Gasteiger partial charge in [-0.25, -0.2) is 29.9 Å². The van der Waals surface area contributed by atoms with Crippen LogP contribution < -0.4 is 194 Å². The average Bonchev–Trinajstić information content (AvgIpc) is 1.84. The number of aliphatic hydroxyl groups is 3. The van der Waals surface area contributed by atoms with Crippen molar-refractivity contribution in [3.63, 3.8) is 0 Å². The van der Waals surface area contributed by atoms with Gasteiger partial charge in [0.25, 0.3) is 6.47 Å². The van der Waals surface area contributed by atoms with Gasteiger partial charge in [-0.2, -0.15) is 4.98 Å². The fourth-order valence-corrected chi connectivity index (χ4v) is 11.5. The minimum absolute atomic E-state index is 0. The van der Waals surface area contributed by atoms with E-state index in [4.69, 9.17) is 44.6 Å². The summed E-state index contributed by atoms with van der Waals surface area (Å²) in [6.45, 7) is 40.7. The number of ether oxygens (including phenoxy) is 1. The van der Waals surface area contributed by atoms with Crippen LogP contribution in [0.3, 0.4) is 0 Å². The van der Waals surface area contributed by atoms with Gasteiger partial charge in [0.1, 0.15) is 41.5 Å². The van der Waals surface area contributed by atoms with E-state index in [-0.39, 0.29) is 237 Å². The number of β-amino-alcohol motifs (C(OH)–C–C–N with tert-alkyl or cyclic N) is 1. The molecule has 2 fully saturated rings. The number of nitrogens with zero attached hydrogens (tertiary/aromatic N) is 11. The van der Waals surface area contributed by atoms with E-state index in [9.17, 15) is 19.5 Å². The van der Waals surface area contributed by atoms with E-state index in [1.807, 2.05) is 23.9 Å². The number of amides is 2. The van der Waals surface area contributed by atoms with Crippen molar-refractivity contribution in [2.75, 3.05) is 32.8 Å². The number of aliphatic hydroxyl groups excluding tert-OH is 3. The van der Waals surface area contributed by atoms with E-state index in [1.54, 1.807) is 26.2 Å². The summed E-state index contributed by atoms with van der Waals surface area (Å²) in [4.78, 5) is 77.9. The first kappa shape index (κ1) is 89.9. The van der Waals surface area contributed by atoms with E-state index in [0.29, 0.717) is 48.5 Å². The molecule has 91 heavy (non-hydrogen) atoms. The van der Waals surface area contributed by atoms with Crippen LogP contribution in [0, 0.1) is 6.92 Å². The minimum Gasteiger partial charge on any atom is -1.00 e. The number of carbonyl (C=O) groups is 4. The van der Waals surface area contributed by atoms with Crippen LogP contribution in [0.2, 0.25) is 36.3 Å². The average molecular weight is 1560 g/mol. The first-order chi connectivity index (χ1) is 41.4. The molecule has 5 unspecified atom stereocenters. The van der Waals surface area contributed by atoms with Gasteiger partial charge in [-0.1, -0.05) is 62.3 Å². The molecule has 5 atom stereocenters. The maximum Gasteiger partial charge on any atom is 1.00 e. The maximum absolute atomic E-state index is 11.0. The van der Waals surface area contributed by atoms with Gasteiger partial charge in [-0.05, 0) is 76.8 Å². The Bertz CT molecular complexity index is 3020. The van der Waals surface area contributed by atoms with Crippen LogP contribution >= 0.6 is 0 Å². The predicted octanol–water partition coefficient (Wildman–Crippen LogP) is -3.66. The first-order valence-corrected chi connectivity index (χ1v) is 36.2. The third-order valence-corrected chi connectivity index (χ3v) is 24.8. The number of hydrogen-bond donors (Lipinski definition) is 6. The van der Waals surface area contributed by atoms with Crippen LogP contribution in [-0.2, 0) is 78.2 Å². The van der Waals surface area contributed by atoms with Crippen LogP contribution in [0.5, 0.6) is 5.88 Å². The number of fused-ring (bicyclic) bond motifs is 3. The molecule has 26 nitrogen and oxygen atoms in total. The van der Waals surface area contributed by atoms with Crippen molar-refractivity contribution < 1.29 is 228 Å². The maximum atomic E-state index is 11.0. The molecule has 2 saturated heterocycles. The molecule has 31 heteroatoms. The molecular formula is C60H103Cs2N14NaO12Si2. The predicted molar refractivity (Wildman–Crippen MR) is 342 cm³/mol. The topological polar surface area (TPSA) is 356 Å². The Morgan fingerprint density at radius 1 is 0.747 bits per heavy atom. The van der Waals surface area contributed by atoms with E-state index < -0.39 is 22.7 Å². The molecule has 0 saturated carbocycles. The van der Waals surface area contributed by atoms with Crippen LogP contribution in [0.1, 0.15) is 140 Å². The fourth-order valence-electron chi connectivity index (χ4n) is 8.85. The van der Waals surface area contributed by atoms with E-state index in [1.165, 1.54) is 23.4 Å². The molecule has 10 rings (SSSR count). The standard InChI is InChI=1S/C20H22N8O.C11H23NOSi.C10H21NO2Si.C8H12N2O.C4H7NO2.C4H9NO.C2H6O.CH2O3.2Cs.Na.2H/c1-4-14-9-23-16-6-15(10-28(14)16)29-20-17-19(24-11-25-20)27(5-2)18(26-17)13-7-21-12(3)22-8-13;1-9-7-10(8-12-9)13-14(5,6)11(2,3)4;1-10(2,3)14(4,5)13-8-6-9(12)11-7-8;1-2-6-4-9-8-3-7(11)5-10(6)8;6-3-1-4(7)5-2-3;1-2-4(6)3-5;1-2-3;2-1-4-3;;;;;/h7-9,11,15H,4-6,10H2,1-3H3;10H,7-8H2,1-6H3;8H,6-7H2,1-5H3,(H,11,12);4,7,11H,2-3,5H2,1H3;3,6H,1-2H2,(H,5,7);2-3,5H2,1H3;3H,2H2,1H3;1,3H;;;;;/q;;;;;;;;3*+1;2*-1/p-1. The molecule has 496 valence electrons. The SMILES string of the molecule is CC(C)(C)[Si](C)(C)OC1CNC(=O)C1.CC1=NCC(O[Si](C)(C)C(C)(C)C)C1.CCC(=O)CN.CCO.CCc1cnc2n1CC(O)C2.CCc1cnc2n1CC(Oc1ncnc3c1nc(-c1cnc(C)nc1)n3CC)C2.O=C1CC(O)CN1.O=CO[O-].[Cs+].[Cs+].[H-].[H-].[Na+]. The van der Waals surface area contributed by atoms with Gasteiger partial charge in [-0.3, -0.25) is 24.2 Å². The Kier molecular flexibility index (Phi) is 43.4. The molecule has 10 heterocycles. The molecule has 0 spiro atoms. The second-order valence-corrected chi connectivity index (χ2v) is 34.2. The summed E-state index contributed by atoms with van der Waals surface area (Å²) in [5.41, 5.74) is 10.9. The van der Waals surface area contributed by atoms with Gasteiger partial charge >= 0.3 is 167 Å². The molecule has 7 N–H and O–H groups in total. The van der Waals surface area contributed by atoms with Gasteiger partial charge < -0.3 is 72.0 Å². The first-order valence-electron chi connectivity index (χ1n) is 30.4. The Morgan fingerprint density at radius 2 is 1.26 bits per heavy atom. The number of aromatic nitrogens is 10. The molecule has 2 amide bonds. The number of ketones is 1. The van der Waals surface area contributed by atoms with Crippen molar-refractivity contribution in [1.29, 1.82) is 0 Å². The number of rotatable bonds is 13. The molecule has 5 aliphatic heterocycles. The van der Waals surface area contributed by atoms with Crippen LogP contribution in [0.25, 0.3) is 22.6 Å². The van der Waals surface area contributed by atoms with E-state index in [2.05, 4.69) is 155 Å². The monoisotopic (exact) mass is 1560 g/mol. The fraction of sp³-hybridized carbons (Fsp3) is 0.667. The molecule has 0 aliphatic carbocycles. The van der Waals surface area contributed by atoms with Gasteiger partial charge in [0.15, 0.2) is 27.8 Å². The van der Waals surface area contributed by atoms with Crippen molar-refractivity contribution in [2.24, 2.45) is 10.7 Å². The quantitative estimate of drug-likeness (QED) is 0.0286. The molecule has 0 bridgehead atoms. The smallest absolute Gasteiger partial charge is 1.00 e. The Labute approximate surface area is 683 Å². The number of aliphatic imine (C=N–C) groups is 1. The third kappa shape index (κ3) is 29.5. The van der Waals surface area contributed by atoms with Gasteiger partial charge in [0.2, 0.25) is 17.7 Å². The van der Waals surface area contributed by atoms with Crippen molar-refractivity contribution in [2.45, 2.75) is 228 Å². The van der Waals surface area contributed by atoms with Crippen LogP contribution in [0.15, 0.2) is 36.1 Å². The zero-order chi connectivity index (χ0) is 66.2. The Morgan fingerprint density at radius 3 is 1.67 bits per heavy atom. The summed E-state index contributed by atoms with van der Waals surface area (Å²) in [6.07, 6.45) is 14.6. The zero-order valence-corrected chi connectivity index (χ0v) is 74.7. The zero-order valence-electron chi connectivity index (χ0n) is 60.2. The van der Waals surface area contributed by atoms with Crippen molar-refractivity contribution in [1.82, 2.24) is 59.2 Å². The number of Topliss-reactive ketones (excluding diaryl/α,β-unsaturated/α-hetero) is 1. The molecular weight excluding hydrogens is 1450 g/mol. The summed E-state index contributed by atoms with van der Waals surface area (Å²) < 4.78 is 25.0. The Balaban J connectivity index is -0.00000109. The number of aryl methyl sites for hydroxylation is 4. The van der Waals surface area contributed by atoms with Crippen molar-refractivity contribution >= 4 is 57.6 Å². The summed E-state index contributed by atoms with van der Waals surface area (Å²) in [5.74, 6) is 4.28. The van der Waals surface area contributed by atoms with Gasteiger partial charge in [0, 0.05) is 93.8 Å². The normalized spacial score (nSPS) is 18.4. The van der Waals surface area contributed by atoms with E-state index >= 15 is 0 Å². The van der Waals surface area contributed by atoms with Gasteiger partial charge in [0.05, 0.1) is 69.0 Å². The number of nitrogens with two attached hydrogens (primary N) is 1. The second kappa shape index (κ2) is 44.0. The number of carbonyl (C=O) groups excluding carboxylic acids is 4. The number of nitrogens with one attached hydrogen (secondary N) is 2. The van der Waals surface area contributed by atoms with Crippen molar-refractivity contribution in [3.8, 4) is 17.3 Å². The molecule has 5 aliphatic rings. The summed E-state index contributed by atoms with van der Waals surface area (Å²) in [7, 11) is -3.26. The minimum atomic E-state index is -1.69. The van der Waals surface area contributed by atoms with Gasteiger partial charge in [-0.15, -0.1) is 0 Å². The molecule has 5 aromatic heterocycles. The molecule has 0 aromatic carbocycles. The summed E-state index contributed by atoms with van der Waals surface area (Å²) in [6, 6.07) is 0. The largest absolute Gasteiger partial charge is 1.00 e.